The van der Waals surface area contributed by atoms with E-state index in [1.165, 1.54) is 4.90 Å². The van der Waals surface area contributed by atoms with Gasteiger partial charge in [0, 0.05) is 13.1 Å². The van der Waals surface area contributed by atoms with E-state index in [-0.39, 0.29) is 12.8 Å². The van der Waals surface area contributed by atoms with Gasteiger partial charge in [-0.05, 0) is 25.7 Å². The summed E-state index contributed by atoms with van der Waals surface area (Å²) in [5.41, 5.74) is -2.00. The van der Waals surface area contributed by atoms with Crippen LogP contribution in [0.4, 0.5) is 13.2 Å². The van der Waals surface area contributed by atoms with E-state index in [2.05, 4.69) is 0 Å². The van der Waals surface area contributed by atoms with Crippen LogP contribution in [0.1, 0.15) is 25.7 Å². The number of carbonyl (C=O) groups is 1. The smallest absolute Gasteiger partial charge is 0.342 e. The summed E-state index contributed by atoms with van der Waals surface area (Å²) in [5, 5.41) is 0. The first-order chi connectivity index (χ1) is 6.47. The maximum atomic E-state index is 12.6. The lowest BCUT2D eigenvalue weighted by molar-refractivity contribution is -0.197. The molecule has 5 heteroatoms. The second-order valence-corrected chi connectivity index (χ2v) is 4.08. The van der Waals surface area contributed by atoms with E-state index in [4.69, 9.17) is 0 Å². The summed E-state index contributed by atoms with van der Waals surface area (Å²) in [6, 6.07) is 0. The molecule has 0 N–H and O–H groups in total. The van der Waals surface area contributed by atoms with E-state index in [0.717, 1.165) is 12.8 Å². The second kappa shape index (κ2) is 2.87. The first-order valence-electron chi connectivity index (χ1n) is 4.83. The molecule has 1 amide bonds. The van der Waals surface area contributed by atoms with Crippen LogP contribution in [0, 0.1) is 5.41 Å². The zero-order valence-corrected chi connectivity index (χ0v) is 7.73. The third kappa shape index (κ3) is 1.29. The molecule has 1 saturated heterocycles. The standard InChI is InChI=1S/C9H12F3NO/c10-9(11,12)8(3-4-8)7(14)13-5-1-2-6-13/h1-6H2. The topological polar surface area (TPSA) is 20.3 Å². The molecule has 0 unspecified atom stereocenters. The molecule has 0 aromatic heterocycles. The number of hydrogen-bond donors (Lipinski definition) is 0. The minimum Gasteiger partial charge on any atom is -0.342 e. The minimum absolute atomic E-state index is 0.0220. The molecule has 0 aromatic carbocycles. The Hall–Kier alpha value is -0.740. The lowest BCUT2D eigenvalue weighted by Gasteiger charge is -2.24. The number of likely N-dealkylation sites (tertiary alicyclic amines) is 1. The molecule has 14 heavy (non-hydrogen) atoms. The van der Waals surface area contributed by atoms with Crippen molar-refractivity contribution in [2.45, 2.75) is 31.9 Å². The SMILES string of the molecule is O=C(N1CCCC1)C1(C(F)(F)F)CC1. The number of rotatable bonds is 1. The Balaban J connectivity index is 2.11. The average Bonchev–Trinajstić information content (AvgIpc) is 2.73. The van der Waals surface area contributed by atoms with Gasteiger partial charge in [-0.3, -0.25) is 4.79 Å². The Labute approximate surface area is 80.1 Å². The van der Waals surface area contributed by atoms with Gasteiger partial charge in [-0.1, -0.05) is 0 Å². The fourth-order valence-electron chi connectivity index (χ4n) is 1.97. The summed E-state index contributed by atoms with van der Waals surface area (Å²) in [6.07, 6.45) is -2.73. The van der Waals surface area contributed by atoms with E-state index in [1.54, 1.807) is 0 Å². The van der Waals surface area contributed by atoms with Crippen LogP contribution >= 0.6 is 0 Å². The Morgan fingerprint density at radius 2 is 1.64 bits per heavy atom. The van der Waals surface area contributed by atoms with Crippen LogP contribution in [0.25, 0.3) is 0 Å². The second-order valence-electron chi connectivity index (χ2n) is 4.08. The quantitative estimate of drug-likeness (QED) is 0.643. The highest BCUT2D eigenvalue weighted by Gasteiger charge is 2.69. The van der Waals surface area contributed by atoms with Crippen LogP contribution in [0.5, 0.6) is 0 Å². The molecule has 2 fully saturated rings. The summed E-state index contributed by atoms with van der Waals surface area (Å²) in [6.45, 7) is 0.993. The normalized spacial score (nSPS) is 25.2. The van der Waals surface area contributed by atoms with Crippen LogP contribution in [0.3, 0.4) is 0 Å². The van der Waals surface area contributed by atoms with Gasteiger partial charge in [0.15, 0.2) is 0 Å². The summed E-state index contributed by atoms with van der Waals surface area (Å²) in [4.78, 5) is 12.9. The summed E-state index contributed by atoms with van der Waals surface area (Å²) < 4.78 is 37.7. The Morgan fingerprint density at radius 3 is 2.00 bits per heavy atom. The zero-order valence-electron chi connectivity index (χ0n) is 7.73. The van der Waals surface area contributed by atoms with Gasteiger partial charge in [0.05, 0.1) is 0 Å². The van der Waals surface area contributed by atoms with Crippen molar-refractivity contribution in [2.24, 2.45) is 5.41 Å². The molecule has 0 spiro atoms. The number of nitrogens with zero attached hydrogens (tertiary/aromatic N) is 1. The number of alkyl halides is 3. The Kier molecular flexibility index (Phi) is 2.01. The number of carbonyl (C=O) groups excluding carboxylic acids is 1. The summed E-state index contributed by atoms with van der Waals surface area (Å²) >= 11 is 0. The highest BCUT2D eigenvalue weighted by atomic mass is 19.4. The summed E-state index contributed by atoms with van der Waals surface area (Å²) in [5.74, 6) is -0.692. The van der Waals surface area contributed by atoms with Gasteiger partial charge in [0.25, 0.3) is 0 Å². The van der Waals surface area contributed by atoms with Crippen LogP contribution < -0.4 is 0 Å². The highest BCUT2D eigenvalue weighted by molar-refractivity contribution is 5.86. The van der Waals surface area contributed by atoms with Crippen molar-refractivity contribution in [3.8, 4) is 0 Å². The van der Waals surface area contributed by atoms with Gasteiger partial charge < -0.3 is 4.90 Å². The molecule has 1 heterocycles. The predicted molar refractivity (Wildman–Crippen MR) is 43.5 cm³/mol. The van der Waals surface area contributed by atoms with Crippen molar-refractivity contribution in [3.63, 3.8) is 0 Å². The van der Waals surface area contributed by atoms with Gasteiger partial charge >= 0.3 is 6.18 Å². The van der Waals surface area contributed by atoms with Crippen molar-refractivity contribution < 1.29 is 18.0 Å². The third-order valence-electron chi connectivity index (χ3n) is 3.10. The third-order valence-corrected chi connectivity index (χ3v) is 3.10. The maximum Gasteiger partial charge on any atom is 0.403 e. The van der Waals surface area contributed by atoms with Crippen molar-refractivity contribution in [1.82, 2.24) is 4.90 Å². The van der Waals surface area contributed by atoms with E-state index < -0.39 is 17.5 Å². The van der Waals surface area contributed by atoms with Crippen LogP contribution in [-0.2, 0) is 4.79 Å². The molecule has 1 aliphatic carbocycles. The van der Waals surface area contributed by atoms with Crippen LogP contribution in [0.2, 0.25) is 0 Å². The molecular formula is C9H12F3NO. The molecule has 2 rings (SSSR count). The number of hydrogen-bond acceptors (Lipinski definition) is 1. The van der Waals surface area contributed by atoms with E-state index in [9.17, 15) is 18.0 Å². The van der Waals surface area contributed by atoms with Crippen molar-refractivity contribution in [2.75, 3.05) is 13.1 Å². The zero-order chi connectivity index (χ0) is 10.4. The monoisotopic (exact) mass is 207 g/mol. The molecule has 0 atom stereocenters. The number of amides is 1. The number of halogens is 3. The molecule has 2 aliphatic rings. The average molecular weight is 207 g/mol. The van der Waals surface area contributed by atoms with Crippen molar-refractivity contribution >= 4 is 5.91 Å². The first kappa shape index (κ1) is 9.80. The fourth-order valence-corrected chi connectivity index (χ4v) is 1.97. The van der Waals surface area contributed by atoms with E-state index in [0.29, 0.717) is 13.1 Å². The van der Waals surface area contributed by atoms with Gasteiger partial charge in [-0.2, -0.15) is 13.2 Å². The molecule has 0 aromatic rings. The Morgan fingerprint density at radius 1 is 1.14 bits per heavy atom. The van der Waals surface area contributed by atoms with Crippen LogP contribution in [-0.4, -0.2) is 30.1 Å². The van der Waals surface area contributed by atoms with Gasteiger partial charge in [0.1, 0.15) is 5.41 Å². The maximum absolute atomic E-state index is 12.6. The lowest BCUT2D eigenvalue weighted by atomic mass is 10.1. The largest absolute Gasteiger partial charge is 0.403 e. The lowest BCUT2D eigenvalue weighted by Crippen LogP contribution is -2.42. The molecular weight excluding hydrogens is 195 g/mol. The summed E-state index contributed by atoms with van der Waals surface area (Å²) in [7, 11) is 0. The molecule has 2 nitrogen and oxygen atoms in total. The molecule has 1 saturated carbocycles. The molecule has 0 radical (unpaired) electrons. The van der Waals surface area contributed by atoms with Gasteiger partial charge in [0.2, 0.25) is 5.91 Å². The van der Waals surface area contributed by atoms with Crippen LogP contribution in [0.15, 0.2) is 0 Å². The predicted octanol–water partition coefficient (Wildman–Crippen LogP) is 1.95. The van der Waals surface area contributed by atoms with Crippen molar-refractivity contribution in [1.29, 1.82) is 0 Å². The molecule has 1 aliphatic heterocycles. The molecule has 80 valence electrons. The first-order valence-corrected chi connectivity index (χ1v) is 4.83. The fraction of sp³-hybridized carbons (Fsp3) is 0.889. The van der Waals surface area contributed by atoms with Gasteiger partial charge in [-0.15, -0.1) is 0 Å². The van der Waals surface area contributed by atoms with Crippen molar-refractivity contribution in [3.05, 3.63) is 0 Å². The molecule has 0 bridgehead atoms. The van der Waals surface area contributed by atoms with E-state index >= 15 is 0 Å². The van der Waals surface area contributed by atoms with E-state index in [1.807, 2.05) is 0 Å². The highest BCUT2D eigenvalue weighted by Crippen LogP contribution is 2.58. The minimum atomic E-state index is -4.35. The van der Waals surface area contributed by atoms with Gasteiger partial charge in [-0.25, -0.2) is 0 Å². The Bertz CT molecular complexity index is 251.